The topological polar surface area (TPSA) is 70.1 Å². The molecule has 186 valence electrons. The van der Waals surface area contributed by atoms with E-state index >= 15 is 0 Å². The van der Waals surface area contributed by atoms with E-state index in [1.165, 1.54) is 18.2 Å². The number of hydrogen-bond donors (Lipinski definition) is 1. The summed E-state index contributed by atoms with van der Waals surface area (Å²) in [6, 6.07) is 20.7. The zero-order chi connectivity index (χ0) is 23.5. The molecule has 0 saturated carbocycles. The number of methoxy groups -OCH3 is 1. The minimum Gasteiger partial charge on any atom is -0.469 e. The lowest BCUT2D eigenvalue weighted by Crippen LogP contribution is -2.45. The second kappa shape index (κ2) is 14.0. The minimum absolute atomic E-state index is 0. The highest BCUT2D eigenvalue weighted by Gasteiger charge is 2.34. The van der Waals surface area contributed by atoms with Crippen molar-refractivity contribution in [2.24, 2.45) is 0 Å². The van der Waals surface area contributed by atoms with Gasteiger partial charge in [-0.1, -0.05) is 68.1 Å². The van der Waals surface area contributed by atoms with Gasteiger partial charge in [0.2, 0.25) is 0 Å². The van der Waals surface area contributed by atoms with Crippen LogP contribution < -0.4 is 0 Å². The predicted octanol–water partition coefficient (Wildman–Crippen LogP) is 4.06. The van der Waals surface area contributed by atoms with Crippen molar-refractivity contribution in [1.82, 2.24) is 9.80 Å². The summed E-state index contributed by atoms with van der Waals surface area (Å²) in [5.74, 6) is 0.0771. The SMILES string of the molecule is C.COC(=O)CC1(O)CCN(Cc2ccccc2)CC1.O=C1CCN(Cc2ccccc2)CC1. The maximum absolute atomic E-state index is 11.3. The van der Waals surface area contributed by atoms with Crippen LogP contribution in [0.1, 0.15) is 50.7 Å². The van der Waals surface area contributed by atoms with Crippen molar-refractivity contribution < 1.29 is 19.4 Å². The Kier molecular flexibility index (Phi) is 11.4. The van der Waals surface area contributed by atoms with Crippen LogP contribution in [-0.4, -0.2) is 65.5 Å². The fourth-order valence-corrected chi connectivity index (χ4v) is 4.29. The van der Waals surface area contributed by atoms with E-state index in [1.54, 1.807) is 0 Å². The van der Waals surface area contributed by atoms with E-state index in [0.29, 0.717) is 18.6 Å². The number of benzene rings is 2. The van der Waals surface area contributed by atoms with Gasteiger partial charge in [0.1, 0.15) is 5.78 Å². The highest BCUT2D eigenvalue weighted by atomic mass is 16.5. The first-order valence-corrected chi connectivity index (χ1v) is 11.8. The van der Waals surface area contributed by atoms with Crippen LogP contribution in [-0.2, 0) is 27.4 Å². The first-order valence-electron chi connectivity index (χ1n) is 11.8. The molecule has 34 heavy (non-hydrogen) atoms. The molecular formula is C28H40N2O4. The Morgan fingerprint density at radius 1 is 0.853 bits per heavy atom. The predicted molar refractivity (Wildman–Crippen MR) is 135 cm³/mol. The molecule has 0 radical (unpaired) electrons. The van der Waals surface area contributed by atoms with E-state index in [4.69, 9.17) is 0 Å². The third-order valence-electron chi connectivity index (χ3n) is 6.40. The number of Topliss-reactive ketones (excluding diaryl/α,β-unsaturated/α-hetero) is 1. The Balaban J connectivity index is 0.000000243. The van der Waals surface area contributed by atoms with Crippen LogP contribution in [0.25, 0.3) is 0 Å². The quantitative estimate of drug-likeness (QED) is 0.645. The molecule has 2 aromatic carbocycles. The van der Waals surface area contributed by atoms with Crippen molar-refractivity contribution in [3.63, 3.8) is 0 Å². The van der Waals surface area contributed by atoms with Crippen molar-refractivity contribution in [2.75, 3.05) is 33.3 Å². The van der Waals surface area contributed by atoms with Crippen molar-refractivity contribution in [1.29, 1.82) is 0 Å². The Morgan fingerprint density at radius 3 is 1.74 bits per heavy atom. The maximum atomic E-state index is 11.3. The monoisotopic (exact) mass is 468 g/mol. The average molecular weight is 469 g/mol. The summed E-state index contributed by atoms with van der Waals surface area (Å²) in [4.78, 5) is 26.9. The molecule has 2 aromatic rings. The lowest BCUT2D eigenvalue weighted by atomic mass is 9.88. The Hall–Kier alpha value is -2.54. The molecule has 1 N–H and O–H groups in total. The van der Waals surface area contributed by atoms with E-state index in [9.17, 15) is 14.7 Å². The number of likely N-dealkylation sites (tertiary alicyclic amines) is 2. The zero-order valence-corrected chi connectivity index (χ0v) is 19.6. The second-order valence-corrected chi connectivity index (χ2v) is 9.04. The van der Waals surface area contributed by atoms with Gasteiger partial charge in [-0.05, 0) is 24.0 Å². The van der Waals surface area contributed by atoms with Crippen molar-refractivity contribution in [3.05, 3.63) is 71.8 Å². The molecule has 6 nitrogen and oxygen atoms in total. The number of rotatable bonds is 6. The molecule has 0 atom stereocenters. The fraction of sp³-hybridized carbons (Fsp3) is 0.500. The number of carbonyl (C=O) groups is 2. The minimum atomic E-state index is -0.889. The Morgan fingerprint density at radius 2 is 1.29 bits per heavy atom. The third kappa shape index (κ3) is 9.37. The lowest BCUT2D eigenvalue weighted by Gasteiger charge is -2.37. The molecule has 4 rings (SSSR count). The fourth-order valence-electron chi connectivity index (χ4n) is 4.29. The Bertz CT molecular complexity index is 854. The number of carbonyl (C=O) groups excluding carboxylic acids is 2. The summed E-state index contributed by atoms with van der Waals surface area (Å²) in [7, 11) is 1.36. The standard InChI is InChI=1S/C15H21NO3.C12H15NO.CH4/c1-19-14(17)11-15(18)7-9-16(10-8-15)12-13-5-3-2-4-6-13;14-12-6-8-13(9-7-12)10-11-4-2-1-3-5-11;/h2-6,18H,7-12H2,1H3;1-5H,6-10H2;1H4. The van der Waals surface area contributed by atoms with E-state index in [0.717, 1.165) is 52.1 Å². The molecule has 0 aliphatic carbocycles. The molecule has 2 aliphatic rings. The average Bonchev–Trinajstić information content (AvgIpc) is 2.84. The largest absolute Gasteiger partial charge is 0.469 e. The summed E-state index contributed by atoms with van der Waals surface area (Å²) >= 11 is 0. The van der Waals surface area contributed by atoms with Gasteiger partial charge in [-0.3, -0.25) is 19.4 Å². The molecule has 6 heteroatoms. The van der Waals surface area contributed by atoms with Gasteiger partial charge in [0.05, 0.1) is 19.1 Å². The smallest absolute Gasteiger partial charge is 0.308 e. The number of aliphatic hydroxyl groups is 1. The van der Waals surface area contributed by atoms with Gasteiger partial charge >= 0.3 is 5.97 Å². The van der Waals surface area contributed by atoms with Gasteiger partial charge < -0.3 is 9.84 Å². The number of esters is 1. The number of ether oxygens (including phenoxy) is 1. The maximum Gasteiger partial charge on any atom is 0.308 e. The van der Waals surface area contributed by atoms with Gasteiger partial charge in [-0.15, -0.1) is 0 Å². The molecule has 2 heterocycles. The van der Waals surface area contributed by atoms with Crippen LogP contribution in [0, 0.1) is 0 Å². The first kappa shape index (κ1) is 27.7. The molecule has 0 bridgehead atoms. The third-order valence-corrected chi connectivity index (χ3v) is 6.40. The van der Waals surface area contributed by atoms with Gasteiger partial charge in [0, 0.05) is 52.1 Å². The van der Waals surface area contributed by atoms with E-state index in [2.05, 4.69) is 50.9 Å². The van der Waals surface area contributed by atoms with E-state index in [1.807, 2.05) is 24.3 Å². The molecule has 2 aliphatic heterocycles. The summed E-state index contributed by atoms with van der Waals surface area (Å²) < 4.78 is 4.63. The number of hydrogen-bond acceptors (Lipinski definition) is 6. The normalized spacial score (nSPS) is 18.2. The molecule has 0 aromatic heterocycles. The summed E-state index contributed by atoms with van der Waals surface area (Å²) in [5.41, 5.74) is 1.73. The van der Waals surface area contributed by atoms with Crippen molar-refractivity contribution in [2.45, 2.75) is 58.2 Å². The second-order valence-electron chi connectivity index (χ2n) is 9.04. The van der Waals surface area contributed by atoms with Gasteiger partial charge in [0.15, 0.2) is 0 Å². The molecule has 0 unspecified atom stereocenters. The highest BCUT2D eigenvalue weighted by molar-refractivity contribution is 5.79. The summed E-state index contributed by atoms with van der Waals surface area (Å²) in [5, 5.41) is 10.3. The number of piperidine rings is 2. The molecular weight excluding hydrogens is 428 g/mol. The highest BCUT2D eigenvalue weighted by Crippen LogP contribution is 2.26. The Labute approximate surface area is 204 Å². The molecule has 0 spiro atoms. The summed E-state index contributed by atoms with van der Waals surface area (Å²) in [6.07, 6.45) is 2.80. The number of ketones is 1. The van der Waals surface area contributed by atoms with Crippen LogP contribution in [0.4, 0.5) is 0 Å². The van der Waals surface area contributed by atoms with Crippen LogP contribution >= 0.6 is 0 Å². The molecule has 0 amide bonds. The first-order chi connectivity index (χ1) is 16.0. The van der Waals surface area contributed by atoms with Gasteiger partial charge in [0.25, 0.3) is 0 Å². The zero-order valence-electron chi connectivity index (χ0n) is 19.6. The van der Waals surface area contributed by atoms with Crippen molar-refractivity contribution >= 4 is 11.8 Å². The van der Waals surface area contributed by atoms with Crippen LogP contribution in [0.2, 0.25) is 0 Å². The van der Waals surface area contributed by atoms with Crippen LogP contribution in [0.5, 0.6) is 0 Å². The lowest BCUT2D eigenvalue weighted by molar-refractivity contribution is -0.148. The van der Waals surface area contributed by atoms with Crippen LogP contribution in [0.3, 0.4) is 0 Å². The summed E-state index contributed by atoms with van der Waals surface area (Å²) in [6.45, 7) is 5.34. The van der Waals surface area contributed by atoms with Crippen LogP contribution in [0.15, 0.2) is 60.7 Å². The number of nitrogens with zero attached hydrogens (tertiary/aromatic N) is 2. The van der Waals surface area contributed by atoms with E-state index < -0.39 is 5.60 Å². The van der Waals surface area contributed by atoms with E-state index in [-0.39, 0.29) is 19.8 Å². The molecule has 2 saturated heterocycles. The molecule has 2 fully saturated rings. The van der Waals surface area contributed by atoms with Gasteiger partial charge in [-0.2, -0.15) is 0 Å². The van der Waals surface area contributed by atoms with Gasteiger partial charge in [-0.25, -0.2) is 0 Å². The van der Waals surface area contributed by atoms with Crippen molar-refractivity contribution in [3.8, 4) is 0 Å².